The van der Waals surface area contributed by atoms with Crippen molar-refractivity contribution < 1.29 is 9.53 Å². The summed E-state index contributed by atoms with van der Waals surface area (Å²) in [5.41, 5.74) is 0. The molecule has 0 radical (unpaired) electrons. The average Bonchev–Trinajstić information content (AvgIpc) is 2.44. The van der Waals surface area contributed by atoms with Crippen LogP contribution in [0, 0.1) is 5.92 Å². The van der Waals surface area contributed by atoms with E-state index in [1.807, 2.05) is 26.8 Å². The van der Waals surface area contributed by atoms with Crippen LogP contribution in [0.4, 0.5) is 11.6 Å². The van der Waals surface area contributed by atoms with Gasteiger partial charge in [0.1, 0.15) is 23.5 Å². The fraction of sp³-hybridized carbons (Fsp3) is 0.667. The molecule has 0 bridgehead atoms. The zero-order chi connectivity index (χ0) is 15.8. The standard InChI is InChI=1S/C15H26N4O2/c1-6-8-11-17-12(16-7-2)9-13(18-11)19-14(10(3)4)15(20)21-5/h9-10,14H,6-8H2,1-5H3,(H2,16,17,18,19). The third kappa shape index (κ3) is 5.21. The van der Waals surface area contributed by atoms with Crippen LogP contribution in [0.1, 0.15) is 39.9 Å². The van der Waals surface area contributed by atoms with E-state index in [0.717, 1.165) is 31.0 Å². The Balaban J connectivity index is 3.00. The Labute approximate surface area is 126 Å². The molecule has 0 saturated carbocycles. The zero-order valence-corrected chi connectivity index (χ0v) is 13.6. The summed E-state index contributed by atoms with van der Waals surface area (Å²) in [4.78, 5) is 20.8. The SMILES string of the molecule is CCCc1nc(NCC)cc(NC(C(=O)OC)C(C)C)n1. The molecule has 0 spiro atoms. The highest BCUT2D eigenvalue weighted by atomic mass is 16.5. The van der Waals surface area contributed by atoms with E-state index in [4.69, 9.17) is 4.74 Å². The van der Waals surface area contributed by atoms with Gasteiger partial charge in [0.25, 0.3) is 0 Å². The smallest absolute Gasteiger partial charge is 0.328 e. The number of rotatable bonds is 8. The summed E-state index contributed by atoms with van der Waals surface area (Å²) in [7, 11) is 1.39. The quantitative estimate of drug-likeness (QED) is 0.717. The molecule has 6 nitrogen and oxygen atoms in total. The molecule has 0 aliphatic heterocycles. The minimum Gasteiger partial charge on any atom is -0.467 e. The van der Waals surface area contributed by atoms with Gasteiger partial charge in [0.05, 0.1) is 7.11 Å². The summed E-state index contributed by atoms with van der Waals surface area (Å²) in [6.45, 7) is 8.82. The van der Waals surface area contributed by atoms with Gasteiger partial charge in [-0.3, -0.25) is 0 Å². The minimum atomic E-state index is -0.422. The second kappa shape index (κ2) is 8.44. The average molecular weight is 294 g/mol. The van der Waals surface area contributed by atoms with E-state index in [0.29, 0.717) is 5.82 Å². The molecule has 1 rings (SSSR count). The maximum absolute atomic E-state index is 11.8. The van der Waals surface area contributed by atoms with Crippen LogP contribution in [-0.4, -0.2) is 35.6 Å². The lowest BCUT2D eigenvalue weighted by atomic mass is 10.0. The lowest BCUT2D eigenvalue weighted by Crippen LogP contribution is -2.35. The monoisotopic (exact) mass is 294 g/mol. The zero-order valence-electron chi connectivity index (χ0n) is 13.6. The number of anilines is 2. The van der Waals surface area contributed by atoms with Crippen molar-refractivity contribution >= 4 is 17.6 Å². The number of nitrogens with one attached hydrogen (secondary N) is 2. The van der Waals surface area contributed by atoms with E-state index in [9.17, 15) is 4.79 Å². The van der Waals surface area contributed by atoms with Crippen LogP contribution in [0.3, 0.4) is 0 Å². The van der Waals surface area contributed by atoms with Crippen molar-refractivity contribution in [2.24, 2.45) is 5.92 Å². The molecule has 118 valence electrons. The molecule has 1 aromatic rings. The Morgan fingerprint density at radius 1 is 1.29 bits per heavy atom. The lowest BCUT2D eigenvalue weighted by molar-refractivity contribution is -0.142. The maximum atomic E-state index is 11.8. The summed E-state index contributed by atoms with van der Waals surface area (Å²) in [5, 5.41) is 6.35. The van der Waals surface area contributed by atoms with Gasteiger partial charge in [-0.05, 0) is 19.3 Å². The van der Waals surface area contributed by atoms with Crippen molar-refractivity contribution in [1.29, 1.82) is 0 Å². The Bertz CT molecular complexity index is 439. The van der Waals surface area contributed by atoms with E-state index < -0.39 is 6.04 Å². The first-order valence-electron chi connectivity index (χ1n) is 7.47. The largest absolute Gasteiger partial charge is 0.467 e. The third-order valence-electron chi connectivity index (χ3n) is 3.03. The molecule has 0 aromatic carbocycles. The number of methoxy groups -OCH3 is 1. The van der Waals surface area contributed by atoms with Crippen molar-refractivity contribution in [3.8, 4) is 0 Å². The number of aryl methyl sites for hydroxylation is 1. The molecule has 1 heterocycles. The van der Waals surface area contributed by atoms with E-state index in [-0.39, 0.29) is 11.9 Å². The molecule has 1 unspecified atom stereocenters. The summed E-state index contributed by atoms with van der Waals surface area (Å²) in [6.07, 6.45) is 1.78. The number of carbonyl (C=O) groups is 1. The van der Waals surface area contributed by atoms with Crippen molar-refractivity contribution in [3.05, 3.63) is 11.9 Å². The van der Waals surface area contributed by atoms with Gasteiger partial charge in [0.2, 0.25) is 0 Å². The van der Waals surface area contributed by atoms with Gasteiger partial charge in [-0.2, -0.15) is 0 Å². The maximum Gasteiger partial charge on any atom is 0.328 e. The molecule has 0 saturated heterocycles. The van der Waals surface area contributed by atoms with Crippen molar-refractivity contribution in [2.75, 3.05) is 24.3 Å². The number of carbonyl (C=O) groups excluding carboxylic acids is 1. The van der Waals surface area contributed by atoms with Crippen molar-refractivity contribution in [2.45, 2.75) is 46.6 Å². The first kappa shape index (κ1) is 17.2. The van der Waals surface area contributed by atoms with Gasteiger partial charge in [0, 0.05) is 19.0 Å². The number of ether oxygens (including phenoxy) is 1. The van der Waals surface area contributed by atoms with Gasteiger partial charge in [-0.1, -0.05) is 20.8 Å². The third-order valence-corrected chi connectivity index (χ3v) is 3.03. The molecule has 2 N–H and O–H groups in total. The van der Waals surface area contributed by atoms with Gasteiger partial charge in [-0.25, -0.2) is 14.8 Å². The molecule has 6 heteroatoms. The Hall–Kier alpha value is -1.85. The van der Waals surface area contributed by atoms with E-state index >= 15 is 0 Å². The molecular formula is C15H26N4O2. The van der Waals surface area contributed by atoms with Gasteiger partial charge < -0.3 is 15.4 Å². The first-order valence-corrected chi connectivity index (χ1v) is 7.47. The number of hydrogen-bond acceptors (Lipinski definition) is 6. The van der Waals surface area contributed by atoms with Gasteiger partial charge >= 0.3 is 5.97 Å². The molecule has 1 atom stereocenters. The van der Waals surface area contributed by atoms with Gasteiger partial charge in [0.15, 0.2) is 0 Å². The molecule has 0 fully saturated rings. The van der Waals surface area contributed by atoms with Crippen LogP contribution in [0.25, 0.3) is 0 Å². The summed E-state index contributed by atoms with van der Waals surface area (Å²) < 4.78 is 4.84. The molecule has 21 heavy (non-hydrogen) atoms. The van der Waals surface area contributed by atoms with E-state index in [1.165, 1.54) is 7.11 Å². The van der Waals surface area contributed by atoms with Crippen LogP contribution in [0.2, 0.25) is 0 Å². The minimum absolute atomic E-state index is 0.102. The van der Waals surface area contributed by atoms with Crippen LogP contribution in [0.5, 0.6) is 0 Å². The predicted octanol–water partition coefficient (Wildman–Crippen LogP) is 2.47. The van der Waals surface area contributed by atoms with Gasteiger partial charge in [-0.15, -0.1) is 0 Å². The number of aromatic nitrogens is 2. The Kier molecular flexibility index (Phi) is 6.91. The number of nitrogens with zero attached hydrogens (tertiary/aromatic N) is 2. The van der Waals surface area contributed by atoms with Crippen LogP contribution < -0.4 is 10.6 Å². The summed E-state index contributed by atoms with van der Waals surface area (Å²) >= 11 is 0. The molecule has 0 aliphatic rings. The second-order valence-corrected chi connectivity index (χ2v) is 5.22. The second-order valence-electron chi connectivity index (χ2n) is 5.22. The molecular weight excluding hydrogens is 268 g/mol. The first-order chi connectivity index (χ1) is 10.0. The van der Waals surface area contributed by atoms with Crippen LogP contribution >= 0.6 is 0 Å². The fourth-order valence-electron chi connectivity index (χ4n) is 1.96. The highest BCUT2D eigenvalue weighted by Crippen LogP contribution is 2.16. The van der Waals surface area contributed by atoms with Crippen LogP contribution in [0.15, 0.2) is 6.07 Å². The Morgan fingerprint density at radius 3 is 2.48 bits per heavy atom. The molecule has 0 aliphatic carbocycles. The topological polar surface area (TPSA) is 76.1 Å². The number of hydrogen-bond donors (Lipinski definition) is 2. The normalized spacial score (nSPS) is 12.1. The summed E-state index contributed by atoms with van der Waals surface area (Å²) in [6, 6.07) is 1.40. The lowest BCUT2D eigenvalue weighted by Gasteiger charge is -2.21. The number of esters is 1. The highest BCUT2D eigenvalue weighted by molar-refractivity contribution is 5.79. The van der Waals surface area contributed by atoms with E-state index in [1.54, 1.807) is 0 Å². The fourth-order valence-corrected chi connectivity index (χ4v) is 1.96. The predicted molar refractivity (Wildman–Crippen MR) is 84.5 cm³/mol. The summed E-state index contributed by atoms with van der Waals surface area (Å²) in [5.74, 6) is 2.00. The van der Waals surface area contributed by atoms with E-state index in [2.05, 4.69) is 27.5 Å². The van der Waals surface area contributed by atoms with Crippen LogP contribution in [-0.2, 0) is 16.0 Å². The molecule has 1 aromatic heterocycles. The molecule has 0 amide bonds. The van der Waals surface area contributed by atoms with Crippen molar-refractivity contribution in [3.63, 3.8) is 0 Å². The Morgan fingerprint density at radius 2 is 1.95 bits per heavy atom. The van der Waals surface area contributed by atoms with Crippen molar-refractivity contribution in [1.82, 2.24) is 9.97 Å². The highest BCUT2D eigenvalue weighted by Gasteiger charge is 2.23.